The first-order valence-corrected chi connectivity index (χ1v) is 17.8. The Hall–Kier alpha value is -4.79. The summed E-state index contributed by atoms with van der Waals surface area (Å²) in [6.45, 7) is 14.6. The van der Waals surface area contributed by atoms with E-state index in [0.717, 1.165) is 42.6 Å². The Kier molecular flexibility index (Phi) is 11.7. The highest BCUT2D eigenvalue weighted by Crippen LogP contribution is 2.43. The van der Waals surface area contributed by atoms with E-state index < -0.39 is 5.60 Å². The highest BCUT2D eigenvalue weighted by molar-refractivity contribution is 5.85. The molecule has 1 atom stereocenters. The van der Waals surface area contributed by atoms with Crippen molar-refractivity contribution < 1.29 is 18.3 Å². The van der Waals surface area contributed by atoms with Crippen molar-refractivity contribution in [3.63, 3.8) is 0 Å². The largest absolute Gasteiger partial charge is 0.444 e. The van der Waals surface area contributed by atoms with E-state index in [9.17, 15) is 13.6 Å². The van der Waals surface area contributed by atoms with Crippen LogP contribution < -0.4 is 21.3 Å². The van der Waals surface area contributed by atoms with Crippen LogP contribution in [0.15, 0.2) is 24.4 Å². The molecule has 53 heavy (non-hydrogen) atoms. The molecule has 1 aliphatic heterocycles. The lowest BCUT2D eigenvalue weighted by molar-refractivity contribution is 0.0159. The lowest BCUT2D eigenvalue weighted by atomic mass is 10.1. The summed E-state index contributed by atoms with van der Waals surface area (Å²) in [6.07, 6.45) is 5.58. The number of hydrogen-bond acceptors (Lipinski definition) is 11. The zero-order valence-corrected chi connectivity index (χ0v) is 32.4. The molecule has 2 saturated carbocycles. The van der Waals surface area contributed by atoms with Gasteiger partial charge in [-0.2, -0.15) is 10.1 Å². The molecule has 4 aromatic heterocycles. The van der Waals surface area contributed by atoms with Crippen LogP contribution in [0.5, 0.6) is 0 Å². The van der Waals surface area contributed by atoms with Gasteiger partial charge < -0.3 is 30.9 Å². The van der Waals surface area contributed by atoms with E-state index in [-0.39, 0.29) is 42.1 Å². The van der Waals surface area contributed by atoms with Crippen LogP contribution in [0.1, 0.15) is 93.4 Å². The normalized spacial score (nSPS) is 17.1. The molecule has 5 heterocycles. The molecule has 4 aromatic rings. The number of amides is 1. The second kappa shape index (κ2) is 15.7. The van der Waals surface area contributed by atoms with Gasteiger partial charge in [0.2, 0.25) is 5.95 Å². The standard InChI is InChI=1S/C28H38FN9O2.C9H11FN2.ClH/c1-16-12-23(35-36(16)7)32-25-21(37-10-11-38(17(2)15-37)27(39)40-28(4,5)6)14-30-26(34-25)33-22-13-20(19-8-9-19)24(29)18(3)31-22;1-5-9(10)7(6-2-3-6)4-8(11)12-5;/h12-14,17,19H,8-11,15H2,1-7H3,(H2,30,31,32,33,34,35);4,6H,2-3H2,1H3,(H2,11,12);1H/t17-;;/m1../s1. The number of anilines is 6. The van der Waals surface area contributed by atoms with Crippen molar-refractivity contribution in [3.05, 3.63) is 64.2 Å². The third kappa shape index (κ3) is 9.61. The van der Waals surface area contributed by atoms with Gasteiger partial charge in [0.1, 0.15) is 28.9 Å². The quantitative estimate of drug-likeness (QED) is 0.171. The fraction of sp³-hybridized carbons (Fsp3) is 0.514. The fourth-order valence-corrected chi connectivity index (χ4v) is 6.22. The van der Waals surface area contributed by atoms with Crippen LogP contribution in [-0.4, -0.2) is 72.0 Å². The Labute approximate surface area is 315 Å². The summed E-state index contributed by atoms with van der Waals surface area (Å²) in [6, 6.07) is 5.26. The maximum absolute atomic E-state index is 14.6. The van der Waals surface area contributed by atoms with Gasteiger partial charge in [0.15, 0.2) is 11.6 Å². The van der Waals surface area contributed by atoms with E-state index in [0.29, 0.717) is 71.7 Å². The summed E-state index contributed by atoms with van der Waals surface area (Å²) in [7, 11) is 1.88. The zero-order chi connectivity index (χ0) is 37.5. The number of nitrogens with one attached hydrogen (secondary N) is 2. The molecule has 1 amide bonds. The second-order valence-electron chi connectivity index (χ2n) is 15.0. The second-order valence-corrected chi connectivity index (χ2v) is 15.0. The average Bonchev–Trinajstić information content (AvgIpc) is 3.99. The fourth-order valence-electron chi connectivity index (χ4n) is 6.22. The molecular weight excluding hydrogens is 704 g/mol. The molecule has 4 N–H and O–H groups in total. The Morgan fingerprint density at radius 3 is 2.09 bits per heavy atom. The molecule has 3 aliphatic rings. The number of carbonyl (C=O) groups excluding carboxylic acids is 1. The van der Waals surface area contributed by atoms with Crippen LogP contribution in [0, 0.1) is 32.4 Å². The maximum Gasteiger partial charge on any atom is 0.410 e. The molecule has 0 aromatic carbocycles. The van der Waals surface area contributed by atoms with Crippen molar-refractivity contribution in [3.8, 4) is 0 Å². The number of aromatic nitrogens is 6. The molecular formula is C37H50ClF2N11O2. The van der Waals surface area contributed by atoms with E-state index >= 15 is 0 Å². The first-order valence-electron chi connectivity index (χ1n) is 17.8. The summed E-state index contributed by atoms with van der Waals surface area (Å²) in [5, 5.41) is 11.0. The molecule has 16 heteroatoms. The minimum absolute atomic E-state index is 0. The third-order valence-electron chi connectivity index (χ3n) is 9.32. The van der Waals surface area contributed by atoms with Gasteiger partial charge in [-0.1, -0.05) is 0 Å². The highest BCUT2D eigenvalue weighted by atomic mass is 35.5. The number of piperazine rings is 1. The van der Waals surface area contributed by atoms with Crippen molar-refractivity contribution in [1.82, 2.24) is 34.6 Å². The Morgan fingerprint density at radius 2 is 1.53 bits per heavy atom. The monoisotopic (exact) mass is 753 g/mol. The van der Waals surface area contributed by atoms with Crippen molar-refractivity contribution in [2.24, 2.45) is 7.05 Å². The van der Waals surface area contributed by atoms with Gasteiger partial charge in [0, 0.05) is 44.5 Å². The predicted octanol–water partition coefficient (Wildman–Crippen LogP) is 7.58. The number of pyridine rings is 2. The van der Waals surface area contributed by atoms with E-state index in [2.05, 4.69) is 35.6 Å². The molecule has 0 radical (unpaired) electrons. The molecule has 0 bridgehead atoms. The number of nitrogens with two attached hydrogens (primary N) is 1. The summed E-state index contributed by atoms with van der Waals surface area (Å²) in [5.74, 6) is 2.71. The Balaban J connectivity index is 0.000000352. The third-order valence-corrected chi connectivity index (χ3v) is 9.32. The van der Waals surface area contributed by atoms with E-state index in [1.54, 1.807) is 41.8 Å². The number of nitrogen functional groups attached to an aromatic ring is 1. The van der Waals surface area contributed by atoms with Gasteiger partial charge in [0.25, 0.3) is 0 Å². The highest BCUT2D eigenvalue weighted by Gasteiger charge is 2.33. The number of ether oxygens (including phenoxy) is 1. The molecule has 3 fully saturated rings. The number of aryl methyl sites for hydroxylation is 4. The van der Waals surface area contributed by atoms with E-state index in [4.69, 9.17) is 15.5 Å². The minimum Gasteiger partial charge on any atom is -0.444 e. The van der Waals surface area contributed by atoms with Crippen LogP contribution in [0.3, 0.4) is 0 Å². The van der Waals surface area contributed by atoms with Gasteiger partial charge in [-0.15, -0.1) is 12.4 Å². The van der Waals surface area contributed by atoms with Gasteiger partial charge in [-0.3, -0.25) is 4.68 Å². The lowest BCUT2D eigenvalue weighted by Gasteiger charge is -2.41. The van der Waals surface area contributed by atoms with Gasteiger partial charge in [-0.25, -0.2) is 28.5 Å². The van der Waals surface area contributed by atoms with E-state index in [1.165, 1.54) is 0 Å². The van der Waals surface area contributed by atoms with E-state index in [1.807, 2.05) is 47.7 Å². The summed E-state index contributed by atoms with van der Waals surface area (Å²) >= 11 is 0. The van der Waals surface area contributed by atoms with Crippen molar-refractivity contribution in [1.29, 1.82) is 0 Å². The molecule has 2 aliphatic carbocycles. The molecule has 0 spiro atoms. The molecule has 286 valence electrons. The van der Waals surface area contributed by atoms with Gasteiger partial charge in [-0.05, 0) is 109 Å². The Morgan fingerprint density at radius 1 is 0.906 bits per heavy atom. The summed E-state index contributed by atoms with van der Waals surface area (Å²) in [5.41, 5.74) is 8.94. The van der Waals surface area contributed by atoms with Gasteiger partial charge in [0.05, 0.1) is 23.3 Å². The minimum atomic E-state index is -0.556. The van der Waals surface area contributed by atoms with Crippen LogP contribution in [0.4, 0.5) is 48.5 Å². The number of rotatable bonds is 7. The topological polar surface area (TPSA) is 152 Å². The summed E-state index contributed by atoms with van der Waals surface area (Å²) in [4.78, 5) is 34.2. The SMILES string of the molecule is Cc1nc(N)cc(C2CC2)c1F.Cc1nc(Nc2ncc(N3CCN(C(=O)OC(C)(C)C)[C@H](C)C3)c(Nc3cc(C)n(C)n3)n2)cc(C2CC2)c1F.Cl. The maximum atomic E-state index is 14.6. The molecule has 7 rings (SSSR count). The number of carbonyl (C=O) groups is 1. The number of hydrogen-bond donors (Lipinski definition) is 3. The lowest BCUT2D eigenvalue weighted by Crippen LogP contribution is -2.55. The Bertz CT molecular complexity index is 1940. The predicted molar refractivity (Wildman–Crippen MR) is 205 cm³/mol. The van der Waals surface area contributed by atoms with Gasteiger partial charge >= 0.3 is 6.09 Å². The number of halogens is 3. The van der Waals surface area contributed by atoms with Crippen LogP contribution in [-0.2, 0) is 11.8 Å². The molecule has 0 unspecified atom stereocenters. The first kappa shape index (κ1) is 39.4. The average molecular weight is 754 g/mol. The van der Waals surface area contributed by atoms with Crippen molar-refractivity contribution >= 4 is 53.4 Å². The first-order chi connectivity index (χ1) is 24.6. The van der Waals surface area contributed by atoms with Crippen molar-refractivity contribution in [2.75, 3.05) is 40.9 Å². The molecule has 1 saturated heterocycles. The molecule has 13 nitrogen and oxygen atoms in total. The smallest absolute Gasteiger partial charge is 0.410 e. The zero-order valence-electron chi connectivity index (χ0n) is 31.6. The summed E-state index contributed by atoms with van der Waals surface area (Å²) < 4.78 is 35.4. The number of nitrogens with zero attached hydrogens (tertiary/aromatic N) is 8. The van der Waals surface area contributed by atoms with Crippen LogP contribution in [0.2, 0.25) is 0 Å². The van der Waals surface area contributed by atoms with Crippen molar-refractivity contribution in [2.45, 2.75) is 97.6 Å². The van der Waals surface area contributed by atoms with Crippen LogP contribution in [0.25, 0.3) is 0 Å². The van der Waals surface area contributed by atoms with Crippen LogP contribution >= 0.6 is 12.4 Å².